The maximum Gasteiger partial charge on any atom is 0.343 e. The molecule has 134 valence electrons. The van der Waals surface area contributed by atoms with Crippen molar-refractivity contribution in [2.75, 3.05) is 0 Å². The number of allylic oxidation sites excluding steroid dienone is 5. The Morgan fingerprint density at radius 2 is 1.73 bits per heavy atom. The molecule has 1 rings (SSSR count). The highest BCUT2D eigenvalue weighted by Gasteiger charge is 2.12. The quantitative estimate of drug-likeness (QED) is 0.285. The van der Waals surface area contributed by atoms with Crippen molar-refractivity contribution >= 4 is 11.9 Å². The summed E-state index contributed by atoms with van der Waals surface area (Å²) in [6.07, 6.45) is 7.87. The van der Waals surface area contributed by atoms with Crippen LogP contribution in [-0.2, 0) is 14.3 Å². The van der Waals surface area contributed by atoms with E-state index in [1.54, 1.807) is 68.5 Å². The lowest BCUT2D eigenvalue weighted by Crippen LogP contribution is -2.07. The van der Waals surface area contributed by atoms with E-state index in [2.05, 4.69) is 19.7 Å². The number of carbonyl (C=O) groups is 2. The molecule has 0 unspecified atom stereocenters. The first-order valence-corrected chi connectivity index (χ1v) is 7.90. The van der Waals surface area contributed by atoms with Gasteiger partial charge in [-0.1, -0.05) is 56.2 Å². The van der Waals surface area contributed by atoms with Crippen molar-refractivity contribution in [3.05, 3.63) is 109 Å². The van der Waals surface area contributed by atoms with E-state index in [9.17, 15) is 9.59 Å². The minimum atomic E-state index is -0.546. The van der Waals surface area contributed by atoms with Crippen LogP contribution in [0, 0.1) is 0 Å². The van der Waals surface area contributed by atoms with Gasteiger partial charge >= 0.3 is 11.9 Å². The Kier molecular flexibility index (Phi) is 8.31. The molecule has 0 heterocycles. The number of carbonyl (C=O) groups excluding carboxylic acids is 2. The summed E-state index contributed by atoms with van der Waals surface area (Å²) in [5.74, 6) is -0.812. The summed E-state index contributed by atoms with van der Waals surface area (Å²) in [6, 6.07) is 8.56. The van der Waals surface area contributed by atoms with Gasteiger partial charge in [0.25, 0.3) is 0 Å². The van der Waals surface area contributed by atoms with Gasteiger partial charge in [-0.25, -0.2) is 9.59 Å². The summed E-state index contributed by atoms with van der Waals surface area (Å²) < 4.78 is 10.4. The highest BCUT2D eigenvalue weighted by Crippen LogP contribution is 2.15. The first-order valence-electron chi connectivity index (χ1n) is 7.90. The minimum absolute atomic E-state index is 0.117. The normalized spacial score (nSPS) is 11.8. The molecular formula is C22H22O4. The molecule has 0 aliphatic rings. The van der Waals surface area contributed by atoms with E-state index in [4.69, 9.17) is 9.47 Å². The van der Waals surface area contributed by atoms with Gasteiger partial charge in [0.05, 0.1) is 11.1 Å². The average Bonchev–Trinajstić information content (AvgIpc) is 2.62. The summed E-state index contributed by atoms with van der Waals surface area (Å²) in [6.45, 7) is 14.3. The summed E-state index contributed by atoms with van der Waals surface area (Å²) in [4.78, 5) is 24.0. The lowest BCUT2D eigenvalue weighted by molar-refractivity contribution is -0.134. The van der Waals surface area contributed by atoms with Crippen LogP contribution in [0.3, 0.4) is 0 Å². The van der Waals surface area contributed by atoms with Gasteiger partial charge in [-0.2, -0.15) is 0 Å². The monoisotopic (exact) mass is 350 g/mol. The van der Waals surface area contributed by atoms with E-state index >= 15 is 0 Å². The molecule has 1 aromatic rings. The van der Waals surface area contributed by atoms with Gasteiger partial charge in [0.2, 0.25) is 0 Å². The summed E-state index contributed by atoms with van der Waals surface area (Å²) in [5.41, 5.74) is 1.29. The van der Waals surface area contributed by atoms with Gasteiger partial charge in [0.15, 0.2) is 0 Å². The third-order valence-corrected chi connectivity index (χ3v) is 3.23. The minimum Gasteiger partial charge on any atom is -0.424 e. The molecule has 0 atom stereocenters. The fourth-order valence-corrected chi connectivity index (χ4v) is 1.81. The Bertz CT molecular complexity index is 793. The fourth-order valence-electron chi connectivity index (χ4n) is 1.81. The second kappa shape index (κ2) is 10.5. The van der Waals surface area contributed by atoms with Gasteiger partial charge in [-0.05, 0) is 43.7 Å². The van der Waals surface area contributed by atoms with Crippen LogP contribution in [0.25, 0.3) is 0 Å². The van der Waals surface area contributed by atoms with E-state index < -0.39 is 11.9 Å². The van der Waals surface area contributed by atoms with Crippen LogP contribution in [0.2, 0.25) is 0 Å². The van der Waals surface area contributed by atoms with E-state index in [1.165, 1.54) is 6.08 Å². The lowest BCUT2D eigenvalue weighted by atomic mass is 10.2. The molecule has 26 heavy (non-hydrogen) atoms. The predicted octanol–water partition coefficient (Wildman–Crippen LogP) is 5.05. The molecule has 0 amide bonds. The predicted molar refractivity (Wildman–Crippen MR) is 103 cm³/mol. The molecule has 4 nitrogen and oxygen atoms in total. The number of benzene rings is 1. The Morgan fingerprint density at radius 3 is 2.31 bits per heavy atom. The van der Waals surface area contributed by atoms with Crippen molar-refractivity contribution in [1.82, 2.24) is 0 Å². The summed E-state index contributed by atoms with van der Waals surface area (Å²) in [7, 11) is 0. The number of rotatable bonds is 8. The SMILES string of the molecule is C=C/C=C\C(=C/C)C(=O)OC(=C)/C(C)=C\C(=C)OC(=O)c1ccccc1. The number of ether oxygens (including phenoxy) is 2. The van der Waals surface area contributed by atoms with E-state index in [1.807, 2.05) is 0 Å². The number of esters is 2. The van der Waals surface area contributed by atoms with E-state index in [0.717, 1.165) is 0 Å². The molecule has 0 aliphatic heterocycles. The van der Waals surface area contributed by atoms with Crippen molar-refractivity contribution in [3.8, 4) is 0 Å². The first kappa shape index (κ1) is 20.6. The van der Waals surface area contributed by atoms with Crippen LogP contribution in [-0.4, -0.2) is 11.9 Å². The zero-order valence-corrected chi connectivity index (χ0v) is 15.0. The Morgan fingerprint density at radius 1 is 1.08 bits per heavy atom. The van der Waals surface area contributed by atoms with Crippen molar-refractivity contribution in [2.24, 2.45) is 0 Å². The molecule has 0 spiro atoms. The molecule has 0 saturated carbocycles. The van der Waals surface area contributed by atoms with Crippen LogP contribution in [0.5, 0.6) is 0 Å². The second-order valence-electron chi connectivity index (χ2n) is 5.20. The van der Waals surface area contributed by atoms with Crippen molar-refractivity contribution in [2.45, 2.75) is 13.8 Å². The van der Waals surface area contributed by atoms with Crippen LogP contribution >= 0.6 is 0 Å². The standard InChI is InChI=1S/C22H22O4/c1-6-8-12-19(7-2)21(23)26-18(5)16(3)15-17(4)25-22(24)20-13-10-9-11-14-20/h6-15H,1,4-5H2,2-3H3/b12-8-,16-15-,19-7+. The van der Waals surface area contributed by atoms with Crippen molar-refractivity contribution < 1.29 is 19.1 Å². The van der Waals surface area contributed by atoms with Crippen molar-refractivity contribution in [3.63, 3.8) is 0 Å². The molecule has 1 aromatic carbocycles. The van der Waals surface area contributed by atoms with Crippen LogP contribution in [0.15, 0.2) is 103 Å². The molecule has 0 N–H and O–H groups in total. The van der Waals surface area contributed by atoms with Gasteiger partial charge in [-0.3, -0.25) is 0 Å². The second-order valence-corrected chi connectivity index (χ2v) is 5.20. The molecule has 0 aromatic heterocycles. The Balaban J connectivity index is 2.70. The molecule has 0 aliphatic carbocycles. The average molecular weight is 350 g/mol. The van der Waals surface area contributed by atoms with Crippen LogP contribution in [0.4, 0.5) is 0 Å². The zero-order chi connectivity index (χ0) is 19.5. The van der Waals surface area contributed by atoms with Gasteiger partial charge in [-0.15, -0.1) is 0 Å². The molecule has 0 fully saturated rings. The maximum atomic E-state index is 12.1. The maximum absolute atomic E-state index is 12.1. The van der Waals surface area contributed by atoms with Gasteiger partial charge < -0.3 is 9.47 Å². The van der Waals surface area contributed by atoms with E-state index in [0.29, 0.717) is 16.7 Å². The highest BCUT2D eigenvalue weighted by molar-refractivity contribution is 5.92. The fraction of sp³-hybridized carbons (Fsp3) is 0.0909. The molecule has 0 bridgehead atoms. The van der Waals surface area contributed by atoms with Crippen LogP contribution < -0.4 is 0 Å². The number of hydrogen-bond donors (Lipinski definition) is 0. The van der Waals surface area contributed by atoms with Gasteiger partial charge in [0, 0.05) is 0 Å². The largest absolute Gasteiger partial charge is 0.424 e. The Labute approximate surface area is 154 Å². The third kappa shape index (κ3) is 6.61. The summed E-state index contributed by atoms with van der Waals surface area (Å²) in [5, 5.41) is 0. The summed E-state index contributed by atoms with van der Waals surface area (Å²) >= 11 is 0. The lowest BCUT2D eigenvalue weighted by Gasteiger charge is -2.09. The topological polar surface area (TPSA) is 52.6 Å². The first-order chi connectivity index (χ1) is 12.4. The van der Waals surface area contributed by atoms with Crippen LogP contribution in [0.1, 0.15) is 24.2 Å². The number of hydrogen-bond acceptors (Lipinski definition) is 4. The molecular weight excluding hydrogens is 328 g/mol. The molecule has 0 radical (unpaired) electrons. The van der Waals surface area contributed by atoms with E-state index in [-0.39, 0.29) is 11.5 Å². The zero-order valence-electron chi connectivity index (χ0n) is 15.0. The molecule has 4 heteroatoms. The smallest absolute Gasteiger partial charge is 0.343 e. The van der Waals surface area contributed by atoms with Gasteiger partial charge in [0.1, 0.15) is 11.5 Å². The Hall–Kier alpha value is -3.40. The third-order valence-electron chi connectivity index (χ3n) is 3.23. The highest BCUT2D eigenvalue weighted by atomic mass is 16.5. The molecule has 0 saturated heterocycles. The van der Waals surface area contributed by atoms with Crippen molar-refractivity contribution in [1.29, 1.82) is 0 Å².